The zero-order valence-corrected chi connectivity index (χ0v) is 26.7. The maximum atomic E-state index is 12.3. The van der Waals surface area contributed by atoms with Gasteiger partial charge in [-0.25, -0.2) is 0 Å². The van der Waals surface area contributed by atoms with E-state index in [9.17, 15) is 14.4 Å². The van der Waals surface area contributed by atoms with Crippen molar-refractivity contribution in [1.82, 2.24) is 14.7 Å². The average Bonchev–Trinajstić information content (AvgIpc) is 2.95. The number of ether oxygens (including phenoxy) is 2. The Labute approximate surface area is 253 Å². The van der Waals surface area contributed by atoms with Crippen molar-refractivity contribution < 1.29 is 29.0 Å². The van der Waals surface area contributed by atoms with Gasteiger partial charge in [0.05, 0.1) is 26.3 Å². The lowest BCUT2D eigenvalue weighted by molar-refractivity contribution is -0.148. The van der Waals surface area contributed by atoms with Gasteiger partial charge in [0.15, 0.2) is 0 Å². The molecule has 0 aliphatic heterocycles. The highest BCUT2D eigenvalue weighted by atomic mass is 16.5. The summed E-state index contributed by atoms with van der Waals surface area (Å²) in [4.78, 5) is 42.2. The summed E-state index contributed by atoms with van der Waals surface area (Å²) in [6.07, 6.45) is 9.05. The second kappa shape index (κ2) is 22.8. The standard InChI is InChI=1S/C33H55N3O6/c1-6-20-34(21-7-2)22-24-36(25-23-35(26-32(39)41-9-4)27-33(40)42-10-5)30(8-3)13-11-12-28-14-16-29(17-15-28)18-19-31(37)38/h11-12,14-17,30H,6-10,13,18-27H2,1-5H3,(H,37,38)/b12-11+. The molecule has 0 fully saturated rings. The first-order valence-corrected chi connectivity index (χ1v) is 15.7. The van der Waals surface area contributed by atoms with Gasteiger partial charge in [-0.15, -0.1) is 0 Å². The third kappa shape index (κ3) is 16.6. The molecule has 0 amide bonds. The highest BCUT2D eigenvalue weighted by molar-refractivity contribution is 5.75. The Hall–Kier alpha value is -2.75. The molecule has 1 atom stereocenters. The maximum Gasteiger partial charge on any atom is 0.320 e. The summed E-state index contributed by atoms with van der Waals surface area (Å²) in [6, 6.07) is 8.34. The summed E-state index contributed by atoms with van der Waals surface area (Å²) in [6.45, 7) is 16.2. The van der Waals surface area contributed by atoms with Gasteiger partial charge < -0.3 is 19.5 Å². The van der Waals surface area contributed by atoms with Gasteiger partial charge in [-0.1, -0.05) is 57.2 Å². The lowest BCUT2D eigenvalue weighted by Crippen LogP contribution is -2.46. The molecule has 0 spiro atoms. The first-order valence-electron chi connectivity index (χ1n) is 15.7. The Bertz CT molecular complexity index is 895. The van der Waals surface area contributed by atoms with Crippen LogP contribution in [-0.2, 0) is 30.3 Å². The maximum absolute atomic E-state index is 12.3. The van der Waals surface area contributed by atoms with Gasteiger partial charge in [0.25, 0.3) is 0 Å². The number of carbonyl (C=O) groups is 3. The van der Waals surface area contributed by atoms with Crippen molar-refractivity contribution in [2.45, 2.75) is 79.2 Å². The van der Waals surface area contributed by atoms with E-state index < -0.39 is 5.97 Å². The fraction of sp³-hybridized carbons (Fsp3) is 0.667. The molecule has 0 aliphatic carbocycles. The van der Waals surface area contributed by atoms with E-state index in [4.69, 9.17) is 14.6 Å². The van der Waals surface area contributed by atoms with E-state index in [0.717, 1.165) is 69.5 Å². The molecule has 0 heterocycles. The fourth-order valence-corrected chi connectivity index (χ4v) is 4.96. The Morgan fingerprint density at radius 2 is 1.33 bits per heavy atom. The molecule has 9 nitrogen and oxygen atoms in total. The number of nitrogens with zero attached hydrogens (tertiary/aromatic N) is 3. The summed E-state index contributed by atoms with van der Waals surface area (Å²) >= 11 is 0. The number of esters is 2. The predicted octanol–water partition coefficient (Wildman–Crippen LogP) is 4.74. The number of hydrogen-bond acceptors (Lipinski definition) is 8. The monoisotopic (exact) mass is 589 g/mol. The Balaban J connectivity index is 3.00. The minimum absolute atomic E-state index is 0.0530. The SMILES string of the molecule is CCCN(CCC)CCN(CCN(CC(=O)OCC)CC(=O)OCC)C(CC)C/C=C/c1ccc(CCC(=O)O)cc1. The second-order valence-corrected chi connectivity index (χ2v) is 10.5. The molecule has 9 heteroatoms. The summed E-state index contributed by atoms with van der Waals surface area (Å²) < 4.78 is 10.3. The Morgan fingerprint density at radius 1 is 0.786 bits per heavy atom. The highest BCUT2D eigenvalue weighted by Crippen LogP contribution is 2.14. The Morgan fingerprint density at radius 3 is 1.81 bits per heavy atom. The summed E-state index contributed by atoms with van der Waals surface area (Å²) in [5.74, 6) is -1.46. The van der Waals surface area contributed by atoms with Crippen molar-refractivity contribution in [1.29, 1.82) is 0 Å². The van der Waals surface area contributed by atoms with Gasteiger partial charge in [0, 0.05) is 38.6 Å². The molecular weight excluding hydrogens is 534 g/mol. The molecule has 1 unspecified atom stereocenters. The molecule has 0 bridgehead atoms. The number of carboxylic acid groups (broad SMARTS) is 1. The Kier molecular flexibility index (Phi) is 20.2. The average molecular weight is 590 g/mol. The number of benzene rings is 1. The molecule has 0 aliphatic rings. The largest absolute Gasteiger partial charge is 0.481 e. The summed E-state index contributed by atoms with van der Waals surface area (Å²) in [7, 11) is 0. The lowest BCUT2D eigenvalue weighted by Gasteiger charge is -2.34. The minimum Gasteiger partial charge on any atom is -0.481 e. The quantitative estimate of drug-likeness (QED) is 0.171. The van der Waals surface area contributed by atoms with Crippen LogP contribution in [0.1, 0.15) is 77.8 Å². The van der Waals surface area contributed by atoms with Crippen molar-refractivity contribution in [3.8, 4) is 0 Å². The van der Waals surface area contributed by atoms with Crippen molar-refractivity contribution >= 4 is 24.0 Å². The van der Waals surface area contributed by atoms with E-state index in [1.165, 1.54) is 0 Å². The molecule has 0 radical (unpaired) electrons. The third-order valence-corrected chi connectivity index (χ3v) is 7.12. The van der Waals surface area contributed by atoms with Gasteiger partial charge in [-0.2, -0.15) is 0 Å². The van der Waals surface area contributed by atoms with Gasteiger partial charge in [0.1, 0.15) is 0 Å². The molecule has 1 aromatic carbocycles. The number of carboxylic acids is 1. The summed E-state index contributed by atoms with van der Waals surface area (Å²) in [5, 5.41) is 8.91. The van der Waals surface area contributed by atoms with Crippen molar-refractivity contribution in [3.05, 3.63) is 41.5 Å². The predicted molar refractivity (Wildman–Crippen MR) is 168 cm³/mol. The van der Waals surface area contributed by atoms with E-state index in [1.807, 2.05) is 29.2 Å². The first kappa shape index (κ1) is 37.3. The number of carbonyl (C=O) groups excluding carboxylic acids is 2. The summed E-state index contributed by atoms with van der Waals surface area (Å²) in [5.41, 5.74) is 2.11. The molecular formula is C33H55N3O6. The van der Waals surface area contributed by atoms with Gasteiger partial charge in [-0.3, -0.25) is 24.2 Å². The van der Waals surface area contributed by atoms with E-state index in [2.05, 4.69) is 42.7 Å². The number of aryl methyl sites for hydroxylation is 1. The van der Waals surface area contributed by atoms with E-state index in [1.54, 1.807) is 13.8 Å². The van der Waals surface area contributed by atoms with Crippen LogP contribution in [0.5, 0.6) is 0 Å². The van der Waals surface area contributed by atoms with Crippen LogP contribution in [0, 0.1) is 0 Å². The van der Waals surface area contributed by atoms with Crippen LogP contribution in [-0.4, -0.2) is 109 Å². The van der Waals surface area contributed by atoms with Crippen LogP contribution in [0.3, 0.4) is 0 Å². The zero-order valence-electron chi connectivity index (χ0n) is 26.7. The molecule has 238 valence electrons. The number of hydrogen-bond donors (Lipinski definition) is 1. The fourth-order valence-electron chi connectivity index (χ4n) is 4.96. The number of aliphatic carboxylic acids is 1. The molecule has 0 saturated carbocycles. The lowest BCUT2D eigenvalue weighted by atomic mass is 10.0. The number of rotatable bonds is 24. The normalized spacial score (nSPS) is 12.4. The smallest absolute Gasteiger partial charge is 0.320 e. The molecule has 1 N–H and O–H groups in total. The molecule has 42 heavy (non-hydrogen) atoms. The third-order valence-electron chi connectivity index (χ3n) is 7.12. The van der Waals surface area contributed by atoms with Crippen LogP contribution in [0.4, 0.5) is 0 Å². The molecule has 1 aromatic rings. The zero-order chi connectivity index (χ0) is 31.2. The molecule has 0 saturated heterocycles. The van der Waals surface area contributed by atoms with Crippen molar-refractivity contribution in [2.24, 2.45) is 0 Å². The second-order valence-electron chi connectivity index (χ2n) is 10.5. The molecule has 0 aromatic heterocycles. The highest BCUT2D eigenvalue weighted by Gasteiger charge is 2.21. The van der Waals surface area contributed by atoms with Crippen LogP contribution in [0.2, 0.25) is 0 Å². The minimum atomic E-state index is -0.786. The topological polar surface area (TPSA) is 99.6 Å². The van der Waals surface area contributed by atoms with Crippen LogP contribution in [0.15, 0.2) is 30.3 Å². The van der Waals surface area contributed by atoms with Crippen LogP contribution >= 0.6 is 0 Å². The first-order chi connectivity index (χ1) is 20.3. The van der Waals surface area contributed by atoms with E-state index >= 15 is 0 Å². The van der Waals surface area contributed by atoms with Gasteiger partial charge in [0.2, 0.25) is 0 Å². The van der Waals surface area contributed by atoms with Crippen molar-refractivity contribution in [2.75, 3.05) is 65.6 Å². The van der Waals surface area contributed by atoms with E-state index in [-0.39, 0.29) is 31.4 Å². The molecule has 1 rings (SSSR count). The van der Waals surface area contributed by atoms with Gasteiger partial charge in [-0.05, 0) is 70.2 Å². The van der Waals surface area contributed by atoms with Crippen LogP contribution in [0.25, 0.3) is 6.08 Å². The van der Waals surface area contributed by atoms with Gasteiger partial charge >= 0.3 is 17.9 Å². The van der Waals surface area contributed by atoms with Crippen LogP contribution < -0.4 is 0 Å². The van der Waals surface area contributed by atoms with Crippen molar-refractivity contribution in [3.63, 3.8) is 0 Å². The van der Waals surface area contributed by atoms with E-state index in [0.29, 0.717) is 32.2 Å².